The average molecular weight is 289 g/mol. The lowest BCUT2D eigenvalue weighted by Gasteiger charge is -2.49. The van der Waals surface area contributed by atoms with Crippen molar-refractivity contribution in [2.75, 3.05) is 19.8 Å². The van der Waals surface area contributed by atoms with Gasteiger partial charge in [0.2, 0.25) is 0 Å². The Hall–Kier alpha value is -1.22. The zero-order valence-corrected chi connectivity index (χ0v) is 13.4. The van der Waals surface area contributed by atoms with Gasteiger partial charge in [-0.05, 0) is 36.5 Å². The maximum Gasteiger partial charge on any atom is 0.161 e. The van der Waals surface area contributed by atoms with Crippen molar-refractivity contribution in [3.63, 3.8) is 0 Å². The highest BCUT2D eigenvalue weighted by molar-refractivity contribution is 5.47. The van der Waals surface area contributed by atoms with Crippen LogP contribution in [0.5, 0.6) is 11.5 Å². The zero-order valence-electron chi connectivity index (χ0n) is 13.4. The molecule has 0 amide bonds. The molecule has 0 atom stereocenters. The molecular formula is C18H27NO2. The Labute approximate surface area is 128 Å². The van der Waals surface area contributed by atoms with E-state index in [0.29, 0.717) is 19.3 Å². The van der Waals surface area contributed by atoms with Crippen LogP contribution < -0.4 is 14.8 Å². The molecule has 0 radical (unpaired) electrons. The Kier molecular flexibility index (Phi) is 4.12. The third-order valence-electron chi connectivity index (χ3n) is 4.94. The van der Waals surface area contributed by atoms with E-state index in [1.54, 1.807) is 0 Å². The lowest BCUT2D eigenvalue weighted by atomic mass is 9.57. The van der Waals surface area contributed by atoms with Gasteiger partial charge >= 0.3 is 0 Å². The highest BCUT2D eigenvalue weighted by Gasteiger charge is 2.44. The van der Waals surface area contributed by atoms with E-state index in [2.05, 4.69) is 44.3 Å². The van der Waals surface area contributed by atoms with Gasteiger partial charge in [-0.3, -0.25) is 0 Å². The van der Waals surface area contributed by atoms with Crippen molar-refractivity contribution in [2.24, 2.45) is 5.92 Å². The Morgan fingerprint density at radius 1 is 1.19 bits per heavy atom. The van der Waals surface area contributed by atoms with Crippen molar-refractivity contribution in [3.05, 3.63) is 23.8 Å². The van der Waals surface area contributed by atoms with Crippen LogP contribution in [0, 0.1) is 5.92 Å². The SMILES string of the molecule is CCC1CC(CNC(C)C)(c2ccc3c(c2)OCCO3)C1. The van der Waals surface area contributed by atoms with E-state index < -0.39 is 0 Å². The molecular weight excluding hydrogens is 262 g/mol. The molecule has 1 aliphatic heterocycles. The minimum atomic E-state index is 0.279. The van der Waals surface area contributed by atoms with Gasteiger partial charge in [0.25, 0.3) is 0 Å². The number of fused-ring (bicyclic) bond motifs is 1. The fourth-order valence-corrected chi connectivity index (χ4v) is 3.59. The highest BCUT2D eigenvalue weighted by atomic mass is 16.6. The standard InChI is InChI=1S/C18H27NO2/c1-4-14-10-18(11-14,12-19-13(2)3)15-5-6-16-17(9-15)21-8-7-20-16/h5-6,9,13-14,19H,4,7-8,10-12H2,1-3H3. The monoisotopic (exact) mass is 289 g/mol. The molecule has 1 fully saturated rings. The first kappa shape index (κ1) is 14.7. The molecule has 0 aromatic heterocycles. The molecule has 2 aliphatic rings. The van der Waals surface area contributed by atoms with E-state index in [9.17, 15) is 0 Å². The van der Waals surface area contributed by atoms with Gasteiger partial charge in [0.05, 0.1) is 0 Å². The number of rotatable bonds is 5. The van der Waals surface area contributed by atoms with Gasteiger partial charge in [-0.1, -0.05) is 33.3 Å². The lowest BCUT2D eigenvalue weighted by molar-refractivity contribution is 0.129. The summed E-state index contributed by atoms with van der Waals surface area (Å²) in [4.78, 5) is 0. The molecule has 1 saturated carbocycles. The first-order valence-corrected chi connectivity index (χ1v) is 8.26. The van der Waals surface area contributed by atoms with Crippen LogP contribution in [0.3, 0.4) is 0 Å². The van der Waals surface area contributed by atoms with E-state index in [1.165, 1.54) is 24.8 Å². The molecule has 116 valence electrons. The summed E-state index contributed by atoms with van der Waals surface area (Å²) in [5.74, 6) is 2.68. The molecule has 1 aromatic rings. The van der Waals surface area contributed by atoms with Crippen LogP contribution >= 0.6 is 0 Å². The third-order valence-corrected chi connectivity index (χ3v) is 4.94. The van der Waals surface area contributed by atoms with Crippen LogP contribution in [-0.4, -0.2) is 25.8 Å². The first-order valence-electron chi connectivity index (χ1n) is 8.26. The molecule has 0 bridgehead atoms. The summed E-state index contributed by atoms with van der Waals surface area (Å²) in [6, 6.07) is 7.06. The molecule has 1 aliphatic carbocycles. The number of benzene rings is 1. The highest BCUT2D eigenvalue weighted by Crippen LogP contribution is 2.50. The van der Waals surface area contributed by atoms with Crippen molar-refractivity contribution in [2.45, 2.75) is 51.5 Å². The minimum Gasteiger partial charge on any atom is -0.486 e. The molecule has 21 heavy (non-hydrogen) atoms. The molecule has 1 aromatic carbocycles. The Morgan fingerprint density at radius 3 is 2.57 bits per heavy atom. The number of hydrogen-bond acceptors (Lipinski definition) is 3. The van der Waals surface area contributed by atoms with Crippen molar-refractivity contribution in [3.8, 4) is 11.5 Å². The molecule has 1 N–H and O–H groups in total. The van der Waals surface area contributed by atoms with Crippen molar-refractivity contribution < 1.29 is 9.47 Å². The van der Waals surface area contributed by atoms with Gasteiger partial charge in [0.1, 0.15) is 13.2 Å². The minimum absolute atomic E-state index is 0.279. The summed E-state index contributed by atoms with van der Waals surface area (Å²) >= 11 is 0. The second-order valence-corrected chi connectivity index (χ2v) is 6.86. The Morgan fingerprint density at radius 2 is 1.90 bits per heavy atom. The lowest BCUT2D eigenvalue weighted by Crippen LogP contribution is -2.49. The molecule has 0 spiro atoms. The molecule has 0 unspecified atom stereocenters. The molecule has 3 heteroatoms. The second kappa shape index (κ2) is 5.88. The summed E-state index contributed by atoms with van der Waals surface area (Å²) in [7, 11) is 0. The summed E-state index contributed by atoms with van der Waals surface area (Å²) in [6.07, 6.45) is 3.85. The predicted molar refractivity (Wildman–Crippen MR) is 85.3 cm³/mol. The van der Waals surface area contributed by atoms with Crippen LogP contribution in [0.15, 0.2) is 18.2 Å². The van der Waals surface area contributed by atoms with Crippen LogP contribution in [0.4, 0.5) is 0 Å². The van der Waals surface area contributed by atoms with Crippen LogP contribution in [0.1, 0.15) is 45.6 Å². The fourth-order valence-electron chi connectivity index (χ4n) is 3.59. The number of ether oxygens (including phenoxy) is 2. The van der Waals surface area contributed by atoms with Gasteiger partial charge < -0.3 is 14.8 Å². The topological polar surface area (TPSA) is 30.5 Å². The van der Waals surface area contributed by atoms with E-state index in [1.807, 2.05) is 0 Å². The molecule has 0 saturated heterocycles. The number of hydrogen-bond donors (Lipinski definition) is 1. The van der Waals surface area contributed by atoms with E-state index in [-0.39, 0.29) is 5.41 Å². The van der Waals surface area contributed by atoms with Crippen molar-refractivity contribution in [1.82, 2.24) is 5.32 Å². The summed E-state index contributed by atoms with van der Waals surface area (Å²) in [5, 5.41) is 3.64. The molecule has 3 nitrogen and oxygen atoms in total. The van der Waals surface area contributed by atoms with Crippen molar-refractivity contribution >= 4 is 0 Å². The van der Waals surface area contributed by atoms with Crippen LogP contribution in [0.25, 0.3) is 0 Å². The van der Waals surface area contributed by atoms with E-state index in [0.717, 1.165) is 24.0 Å². The van der Waals surface area contributed by atoms with Crippen LogP contribution in [-0.2, 0) is 5.41 Å². The quantitative estimate of drug-likeness (QED) is 0.899. The van der Waals surface area contributed by atoms with E-state index >= 15 is 0 Å². The van der Waals surface area contributed by atoms with Gasteiger partial charge in [0, 0.05) is 18.0 Å². The maximum atomic E-state index is 5.76. The van der Waals surface area contributed by atoms with Gasteiger partial charge in [-0.15, -0.1) is 0 Å². The second-order valence-electron chi connectivity index (χ2n) is 6.86. The predicted octanol–water partition coefficient (Wildman–Crippen LogP) is 3.51. The third kappa shape index (κ3) is 2.89. The molecule has 3 rings (SSSR count). The van der Waals surface area contributed by atoms with Crippen LogP contribution in [0.2, 0.25) is 0 Å². The largest absolute Gasteiger partial charge is 0.486 e. The zero-order chi connectivity index (χ0) is 14.9. The number of nitrogens with one attached hydrogen (secondary N) is 1. The molecule has 1 heterocycles. The Bertz CT molecular complexity index is 492. The van der Waals surface area contributed by atoms with Gasteiger partial charge in [-0.2, -0.15) is 0 Å². The normalized spacial score (nSPS) is 27.5. The van der Waals surface area contributed by atoms with E-state index in [4.69, 9.17) is 9.47 Å². The average Bonchev–Trinajstić information content (AvgIpc) is 2.46. The fraction of sp³-hybridized carbons (Fsp3) is 0.667. The summed E-state index contributed by atoms with van der Waals surface area (Å²) in [5.41, 5.74) is 1.69. The summed E-state index contributed by atoms with van der Waals surface area (Å²) in [6.45, 7) is 9.10. The first-order chi connectivity index (χ1) is 10.1. The van der Waals surface area contributed by atoms with Gasteiger partial charge in [-0.25, -0.2) is 0 Å². The van der Waals surface area contributed by atoms with Gasteiger partial charge in [0.15, 0.2) is 11.5 Å². The Balaban J connectivity index is 1.83. The summed E-state index contributed by atoms with van der Waals surface area (Å²) < 4.78 is 11.4. The smallest absolute Gasteiger partial charge is 0.161 e. The maximum absolute atomic E-state index is 5.76. The van der Waals surface area contributed by atoms with Crippen molar-refractivity contribution in [1.29, 1.82) is 0 Å².